The normalized spacial score (nSPS) is 22.2. The standard InChI is InChI=1S/C14H31N3/c1-4-15-12-14-8-7-9-17(13-14)11-10-16(5-2)6-3/h14-15H,4-13H2,1-3H3. The molecule has 0 saturated carbocycles. The Labute approximate surface area is 108 Å². The van der Waals surface area contributed by atoms with Gasteiger partial charge in [-0.25, -0.2) is 0 Å². The third kappa shape index (κ3) is 5.84. The first-order valence-corrected chi connectivity index (χ1v) is 7.45. The van der Waals surface area contributed by atoms with E-state index in [1.54, 1.807) is 0 Å². The molecule has 3 nitrogen and oxygen atoms in total. The number of likely N-dealkylation sites (N-methyl/N-ethyl adjacent to an activating group) is 1. The lowest BCUT2D eigenvalue weighted by atomic mass is 9.98. The number of nitrogens with zero attached hydrogens (tertiary/aromatic N) is 2. The molecule has 0 amide bonds. The van der Waals surface area contributed by atoms with Gasteiger partial charge in [0.2, 0.25) is 0 Å². The molecule has 1 aliphatic rings. The minimum Gasteiger partial charge on any atom is -0.317 e. The number of piperidine rings is 1. The van der Waals surface area contributed by atoms with Crippen molar-refractivity contribution in [1.29, 1.82) is 0 Å². The third-order valence-corrected chi connectivity index (χ3v) is 3.91. The molecule has 1 saturated heterocycles. The molecule has 0 aliphatic carbocycles. The van der Waals surface area contributed by atoms with E-state index in [2.05, 4.69) is 35.9 Å². The summed E-state index contributed by atoms with van der Waals surface area (Å²) < 4.78 is 0. The summed E-state index contributed by atoms with van der Waals surface area (Å²) in [4.78, 5) is 5.18. The Hall–Kier alpha value is -0.120. The van der Waals surface area contributed by atoms with Crippen molar-refractivity contribution in [2.75, 3.05) is 52.4 Å². The highest BCUT2D eigenvalue weighted by molar-refractivity contribution is 4.75. The molecule has 1 atom stereocenters. The predicted molar refractivity (Wildman–Crippen MR) is 75.5 cm³/mol. The van der Waals surface area contributed by atoms with Crippen LogP contribution in [0, 0.1) is 5.92 Å². The summed E-state index contributed by atoms with van der Waals surface area (Å²) in [6.45, 7) is 16.5. The van der Waals surface area contributed by atoms with E-state index in [-0.39, 0.29) is 0 Å². The lowest BCUT2D eigenvalue weighted by Crippen LogP contribution is -2.43. The third-order valence-electron chi connectivity index (χ3n) is 3.91. The van der Waals surface area contributed by atoms with Gasteiger partial charge in [-0.1, -0.05) is 20.8 Å². The number of hydrogen-bond acceptors (Lipinski definition) is 3. The molecule has 1 rings (SSSR count). The zero-order valence-electron chi connectivity index (χ0n) is 12.0. The van der Waals surface area contributed by atoms with Gasteiger partial charge in [-0.05, 0) is 51.5 Å². The van der Waals surface area contributed by atoms with Crippen LogP contribution in [0.2, 0.25) is 0 Å². The Morgan fingerprint density at radius 3 is 2.65 bits per heavy atom. The molecule has 3 heteroatoms. The van der Waals surface area contributed by atoms with Gasteiger partial charge in [0.05, 0.1) is 0 Å². The summed E-state index contributed by atoms with van der Waals surface area (Å²) in [5, 5.41) is 3.49. The van der Waals surface area contributed by atoms with Crippen molar-refractivity contribution in [3.05, 3.63) is 0 Å². The molecule has 0 aromatic carbocycles. The SMILES string of the molecule is CCNCC1CCCN(CCN(CC)CC)C1. The minimum atomic E-state index is 0.875. The molecule has 0 radical (unpaired) electrons. The van der Waals surface area contributed by atoms with Gasteiger partial charge in [0.25, 0.3) is 0 Å². The van der Waals surface area contributed by atoms with Crippen LogP contribution in [0.5, 0.6) is 0 Å². The van der Waals surface area contributed by atoms with Crippen LogP contribution < -0.4 is 5.32 Å². The molecular weight excluding hydrogens is 210 g/mol. The molecule has 1 heterocycles. The summed E-state index contributed by atoms with van der Waals surface area (Å²) in [6, 6.07) is 0. The van der Waals surface area contributed by atoms with Gasteiger partial charge in [0, 0.05) is 19.6 Å². The maximum atomic E-state index is 3.49. The fourth-order valence-corrected chi connectivity index (χ4v) is 2.69. The van der Waals surface area contributed by atoms with Crippen molar-refractivity contribution in [2.24, 2.45) is 5.92 Å². The highest BCUT2D eigenvalue weighted by Crippen LogP contribution is 2.15. The summed E-state index contributed by atoms with van der Waals surface area (Å²) in [6.07, 6.45) is 2.79. The lowest BCUT2D eigenvalue weighted by Gasteiger charge is -2.34. The molecule has 17 heavy (non-hydrogen) atoms. The maximum Gasteiger partial charge on any atom is 0.0109 e. The van der Waals surface area contributed by atoms with Crippen molar-refractivity contribution in [2.45, 2.75) is 33.6 Å². The van der Waals surface area contributed by atoms with Crippen molar-refractivity contribution in [3.63, 3.8) is 0 Å². The Bertz CT molecular complexity index is 180. The van der Waals surface area contributed by atoms with Crippen LogP contribution in [0.3, 0.4) is 0 Å². The van der Waals surface area contributed by atoms with E-state index < -0.39 is 0 Å². The Balaban J connectivity index is 2.19. The Morgan fingerprint density at radius 1 is 1.24 bits per heavy atom. The van der Waals surface area contributed by atoms with E-state index in [0.717, 1.165) is 12.5 Å². The zero-order valence-corrected chi connectivity index (χ0v) is 12.0. The molecule has 0 aromatic heterocycles. The molecule has 0 aromatic rings. The molecule has 0 bridgehead atoms. The van der Waals surface area contributed by atoms with Crippen molar-refractivity contribution < 1.29 is 0 Å². The van der Waals surface area contributed by atoms with Gasteiger partial charge < -0.3 is 15.1 Å². The molecule has 0 spiro atoms. The van der Waals surface area contributed by atoms with Crippen LogP contribution in [-0.2, 0) is 0 Å². The van der Waals surface area contributed by atoms with Crippen LogP contribution in [0.25, 0.3) is 0 Å². The molecular formula is C14H31N3. The molecule has 1 aliphatic heterocycles. The van der Waals surface area contributed by atoms with Gasteiger partial charge in [0.1, 0.15) is 0 Å². The zero-order chi connectivity index (χ0) is 12.5. The van der Waals surface area contributed by atoms with Gasteiger partial charge in [-0.3, -0.25) is 0 Å². The lowest BCUT2D eigenvalue weighted by molar-refractivity contribution is 0.150. The summed E-state index contributed by atoms with van der Waals surface area (Å²) in [5.74, 6) is 0.875. The number of likely N-dealkylation sites (tertiary alicyclic amines) is 1. The van der Waals surface area contributed by atoms with Crippen molar-refractivity contribution in [1.82, 2.24) is 15.1 Å². The van der Waals surface area contributed by atoms with Crippen LogP contribution in [0.15, 0.2) is 0 Å². The van der Waals surface area contributed by atoms with Gasteiger partial charge in [-0.2, -0.15) is 0 Å². The monoisotopic (exact) mass is 241 g/mol. The summed E-state index contributed by atoms with van der Waals surface area (Å²) in [5.41, 5.74) is 0. The van der Waals surface area contributed by atoms with Gasteiger partial charge >= 0.3 is 0 Å². The van der Waals surface area contributed by atoms with E-state index >= 15 is 0 Å². The predicted octanol–water partition coefficient (Wildman–Crippen LogP) is 1.65. The molecule has 1 fully saturated rings. The topological polar surface area (TPSA) is 18.5 Å². The number of nitrogens with one attached hydrogen (secondary N) is 1. The van der Waals surface area contributed by atoms with Crippen molar-refractivity contribution in [3.8, 4) is 0 Å². The van der Waals surface area contributed by atoms with E-state index in [4.69, 9.17) is 0 Å². The fraction of sp³-hybridized carbons (Fsp3) is 1.00. The first-order valence-electron chi connectivity index (χ1n) is 7.45. The molecule has 1 unspecified atom stereocenters. The van der Waals surface area contributed by atoms with Crippen molar-refractivity contribution >= 4 is 0 Å². The van der Waals surface area contributed by atoms with E-state index in [9.17, 15) is 0 Å². The van der Waals surface area contributed by atoms with Crippen LogP contribution >= 0.6 is 0 Å². The molecule has 1 N–H and O–H groups in total. The summed E-state index contributed by atoms with van der Waals surface area (Å²) >= 11 is 0. The summed E-state index contributed by atoms with van der Waals surface area (Å²) in [7, 11) is 0. The largest absolute Gasteiger partial charge is 0.317 e. The maximum absolute atomic E-state index is 3.49. The first-order chi connectivity index (χ1) is 8.30. The van der Waals surface area contributed by atoms with Gasteiger partial charge in [0.15, 0.2) is 0 Å². The fourth-order valence-electron chi connectivity index (χ4n) is 2.69. The second-order valence-corrected chi connectivity index (χ2v) is 5.14. The van der Waals surface area contributed by atoms with E-state index in [0.29, 0.717) is 0 Å². The van der Waals surface area contributed by atoms with Crippen LogP contribution in [0.4, 0.5) is 0 Å². The second kappa shape index (κ2) is 8.90. The highest BCUT2D eigenvalue weighted by atomic mass is 15.2. The second-order valence-electron chi connectivity index (χ2n) is 5.14. The quantitative estimate of drug-likeness (QED) is 0.697. The van der Waals surface area contributed by atoms with Crippen LogP contribution in [-0.4, -0.2) is 62.2 Å². The highest BCUT2D eigenvalue weighted by Gasteiger charge is 2.19. The Kier molecular flexibility index (Phi) is 7.82. The van der Waals surface area contributed by atoms with E-state index in [1.807, 2.05) is 0 Å². The smallest absolute Gasteiger partial charge is 0.0109 e. The minimum absolute atomic E-state index is 0.875. The number of hydrogen-bond donors (Lipinski definition) is 1. The average molecular weight is 241 g/mol. The average Bonchev–Trinajstić information content (AvgIpc) is 2.38. The van der Waals surface area contributed by atoms with Gasteiger partial charge in [-0.15, -0.1) is 0 Å². The Morgan fingerprint density at radius 2 is 2.00 bits per heavy atom. The number of rotatable bonds is 8. The van der Waals surface area contributed by atoms with Crippen LogP contribution in [0.1, 0.15) is 33.6 Å². The molecule has 102 valence electrons. The first kappa shape index (κ1) is 14.9. The van der Waals surface area contributed by atoms with E-state index in [1.165, 1.54) is 58.7 Å².